The Morgan fingerprint density at radius 2 is 1.81 bits per heavy atom. The summed E-state index contributed by atoms with van der Waals surface area (Å²) in [5, 5.41) is 1.94. The Hall–Kier alpha value is -2.60. The molecule has 1 aromatic carbocycles. The third kappa shape index (κ3) is 4.73. The van der Waals surface area contributed by atoms with E-state index in [1.165, 1.54) is 17.4 Å². The van der Waals surface area contributed by atoms with Gasteiger partial charge in [-0.1, -0.05) is 24.3 Å². The molecular weight excluding hydrogens is 348 g/mol. The lowest BCUT2D eigenvalue weighted by Crippen LogP contribution is -2.51. The maximum Gasteiger partial charge on any atom is 0.331 e. The molecule has 2 heterocycles. The van der Waals surface area contributed by atoms with Crippen LogP contribution in [-0.2, 0) is 14.3 Å². The summed E-state index contributed by atoms with van der Waals surface area (Å²) in [5.41, 5.74) is 1.16. The SMILES string of the molecule is C[C@H](OC(=O)/C=C/c1cccs1)C(=O)N1CCN(c2ccccc2)CC1. The zero-order valence-electron chi connectivity index (χ0n) is 14.7. The van der Waals surface area contributed by atoms with Crippen LogP contribution in [0.3, 0.4) is 0 Å². The quantitative estimate of drug-likeness (QED) is 0.600. The van der Waals surface area contributed by atoms with Gasteiger partial charge in [0, 0.05) is 42.8 Å². The van der Waals surface area contributed by atoms with E-state index in [0.717, 1.165) is 23.7 Å². The highest BCUT2D eigenvalue weighted by Crippen LogP contribution is 2.16. The minimum Gasteiger partial charge on any atom is -0.449 e. The lowest BCUT2D eigenvalue weighted by atomic mass is 10.2. The lowest BCUT2D eigenvalue weighted by molar-refractivity contribution is -0.155. The normalized spacial score (nSPS) is 15.9. The first kappa shape index (κ1) is 18.2. The van der Waals surface area contributed by atoms with Gasteiger partial charge in [-0.3, -0.25) is 4.79 Å². The molecule has 136 valence electrons. The molecule has 0 aliphatic carbocycles. The topological polar surface area (TPSA) is 49.9 Å². The molecule has 5 nitrogen and oxygen atoms in total. The summed E-state index contributed by atoms with van der Waals surface area (Å²) >= 11 is 1.54. The number of carbonyl (C=O) groups excluding carboxylic acids is 2. The highest BCUT2D eigenvalue weighted by atomic mass is 32.1. The number of ether oxygens (including phenoxy) is 1. The van der Waals surface area contributed by atoms with Gasteiger partial charge in [-0.2, -0.15) is 0 Å². The minimum atomic E-state index is -0.779. The van der Waals surface area contributed by atoms with Crippen LogP contribution in [0.2, 0.25) is 0 Å². The van der Waals surface area contributed by atoms with Crippen LogP contribution in [0.5, 0.6) is 0 Å². The van der Waals surface area contributed by atoms with Gasteiger partial charge in [0.05, 0.1) is 0 Å². The average molecular weight is 370 g/mol. The second-order valence-corrected chi connectivity index (χ2v) is 7.06. The number of amides is 1. The Labute approximate surface area is 157 Å². The van der Waals surface area contributed by atoms with Crippen molar-refractivity contribution in [2.45, 2.75) is 13.0 Å². The first-order valence-electron chi connectivity index (χ1n) is 8.64. The summed E-state index contributed by atoms with van der Waals surface area (Å²) in [7, 11) is 0. The van der Waals surface area contributed by atoms with Crippen LogP contribution in [0.4, 0.5) is 5.69 Å². The summed E-state index contributed by atoms with van der Waals surface area (Å²) in [5.74, 6) is -0.641. The van der Waals surface area contributed by atoms with Crippen LogP contribution >= 0.6 is 11.3 Å². The van der Waals surface area contributed by atoms with E-state index in [1.54, 1.807) is 17.9 Å². The molecule has 1 aliphatic rings. The first-order valence-corrected chi connectivity index (χ1v) is 9.52. The number of hydrogen-bond acceptors (Lipinski definition) is 5. The Kier molecular flexibility index (Phi) is 6.07. The van der Waals surface area contributed by atoms with Gasteiger partial charge < -0.3 is 14.5 Å². The Balaban J connectivity index is 1.47. The third-order valence-electron chi connectivity index (χ3n) is 4.28. The van der Waals surface area contributed by atoms with Gasteiger partial charge in [-0.25, -0.2) is 4.79 Å². The number of nitrogens with zero attached hydrogens (tertiary/aromatic N) is 2. The molecule has 1 aromatic heterocycles. The van der Waals surface area contributed by atoms with Crippen molar-refractivity contribution >= 4 is 35.0 Å². The van der Waals surface area contributed by atoms with Gasteiger partial charge in [0.2, 0.25) is 0 Å². The average Bonchev–Trinajstić information content (AvgIpc) is 3.20. The van der Waals surface area contributed by atoms with Crippen molar-refractivity contribution in [3.05, 3.63) is 58.8 Å². The molecule has 26 heavy (non-hydrogen) atoms. The molecular formula is C20H22N2O3S. The number of rotatable bonds is 5. The molecule has 0 N–H and O–H groups in total. The fraction of sp³-hybridized carbons (Fsp3) is 0.300. The summed E-state index contributed by atoms with van der Waals surface area (Å²) in [6, 6.07) is 14.0. The molecule has 0 bridgehead atoms. The van der Waals surface area contributed by atoms with Gasteiger partial charge in [0.25, 0.3) is 5.91 Å². The van der Waals surface area contributed by atoms with Crippen molar-refractivity contribution in [1.82, 2.24) is 4.90 Å². The highest BCUT2D eigenvalue weighted by Gasteiger charge is 2.26. The van der Waals surface area contributed by atoms with E-state index in [0.29, 0.717) is 13.1 Å². The number of piperazine rings is 1. The largest absolute Gasteiger partial charge is 0.449 e. The zero-order chi connectivity index (χ0) is 18.4. The van der Waals surface area contributed by atoms with Crippen LogP contribution in [-0.4, -0.2) is 49.1 Å². The minimum absolute atomic E-state index is 0.143. The fourth-order valence-corrected chi connectivity index (χ4v) is 3.50. The second kappa shape index (κ2) is 8.67. The number of hydrogen-bond donors (Lipinski definition) is 0. The number of carbonyl (C=O) groups is 2. The molecule has 0 radical (unpaired) electrons. The number of para-hydroxylation sites is 1. The maximum atomic E-state index is 12.5. The van der Waals surface area contributed by atoms with Crippen LogP contribution in [0.15, 0.2) is 53.9 Å². The van der Waals surface area contributed by atoms with E-state index in [1.807, 2.05) is 35.7 Å². The van der Waals surface area contributed by atoms with Crippen molar-refractivity contribution in [2.75, 3.05) is 31.1 Å². The van der Waals surface area contributed by atoms with Crippen molar-refractivity contribution in [3.63, 3.8) is 0 Å². The monoisotopic (exact) mass is 370 g/mol. The first-order chi connectivity index (χ1) is 12.6. The molecule has 0 spiro atoms. The summed E-state index contributed by atoms with van der Waals surface area (Å²) < 4.78 is 5.25. The molecule has 1 fully saturated rings. The predicted octanol–water partition coefficient (Wildman–Crippen LogP) is 3.04. The summed E-state index contributed by atoms with van der Waals surface area (Å²) in [6.45, 7) is 4.42. The standard InChI is InChI=1S/C20H22N2O3S/c1-16(25-19(23)10-9-18-8-5-15-26-18)20(24)22-13-11-21(12-14-22)17-6-3-2-4-7-17/h2-10,15-16H,11-14H2,1H3/b10-9+/t16-/m0/s1. The lowest BCUT2D eigenvalue weighted by Gasteiger charge is -2.36. The number of anilines is 1. The maximum absolute atomic E-state index is 12.5. The van der Waals surface area contributed by atoms with Gasteiger partial charge in [0.1, 0.15) is 0 Å². The van der Waals surface area contributed by atoms with Gasteiger partial charge in [-0.15, -0.1) is 11.3 Å². The van der Waals surface area contributed by atoms with E-state index in [4.69, 9.17) is 4.74 Å². The molecule has 2 aromatic rings. The van der Waals surface area contributed by atoms with Gasteiger partial charge in [-0.05, 0) is 36.6 Å². The van der Waals surface area contributed by atoms with E-state index < -0.39 is 12.1 Å². The van der Waals surface area contributed by atoms with E-state index in [9.17, 15) is 9.59 Å². The number of thiophene rings is 1. The molecule has 1 saturated heterocycles. The van der Waals surface area contributed by atoms with Crippen LogP contribution < -0.4 is 4.90 Å². The molecule has 3 rings (SSSR count). The van der Waals surface area contributed by atoms with Crippen molar-refractivity contribution in [1.29, 1.82) is 0 Å². The summed E-state index contributed by atoms with van der Waals surface area (Å²) in [4.78, 5) is 29.4. The van der Waals surface area contributed by atoms with Crippen LogP contribution in [0.25, 0.3) is 6.08 Å². The number of benzene rings is 1. The molecule has 0 unspecified atom stereocenters. The number of esters is 1. The van der Waals surface area contributed by atoms with Gasteiger partial charge >= 0.3 is 5.97 Å². The molecule has 1 amide bonds. The van der Waals surface area contributed by atoms with Crippen molar-refractivity contribution in [2.24, 2.45) is 0 Å². The Morgan fingerprint density at radius 3 is 2.46 bits per heavy atom. The predicted molar refractivity (Wildman–Crippen MR) is 104 cm³/mol. The summed E-state index contributed by atoms with van der Waals surface area (Å²) in [6.07, 6.45) is 2.28. The van der Waals surface area contributed by atoms with Crippen molar-refractivity contribution in [3.8, 4) is 0 Å². The van der Waals surface area contributed by atoms with E-state index >= 15 is 0 Å². The second-order valence-electron chi connectivity index (χ2n) is 6.08. The molecule has 0 saturated carbocycles. The molecule has 1 aliphatic heterocycles. The van der Waals surface area contributed by atoms with Crippen LogP contribution in [0.1, 0.15) is 11.8 Å². The van der Waals surface area contributed by atoms with Crippen molar-refractivity contribution < 1.29 is 14.3 Å². The third-order valence-corrected chi connectivity index (χ3v) is 5.12. The van der Waals surface area contributed by atoms with E-state index in [-0.39, 0.29) is 5.91 Å². The Morgan fingerprint density at radius 1 is 1.08 bits per heavy atom. The smallest absolute Gasteiger partial charge is 0.331 e. The van der Waals surface area contributed by atoms with E-state index in [2.05, 4.69) is 17.0 Å². The Bertz CT molecular complexity index is 751. The van der Waals surface area contributed by atoms with Crippen LogP contribution in [0, 0.1) is 0 Å². The zero-order valence-corrected chi connectivity index (χ0v) is 15.5. The molecule has 6 heteroatoms. The molecule has 1 atom stereocenters. The fourth-order valence-electron chi connectivity index (χ4n) is 2.88. The van der Waals surface area contributed by atoms with Gasteiger partial charge in [0.15, 0.2) is 6.10 Å². The highest BCUT2D eigenvalue weighted by molar-refractivity contribution is 7.10.